The molecule has 0 radical (unpaired) electrons. The lowest BCUT2D eigenvalue weighted by atomic mass is 10.0. The summed E-state index contributed by atoms with van der Waals surface area (Å²) >= 11 is 2.30. The van der Waals surface area contributed by atoms with Crippen LogP contribution in [0.4, 0.5) is 0 Å². The second-order valence-corrected chi connectivity index (χ2v) is 4.69. The van der Waals surface area contributed by atoms with E-state index in [4.69, 9.17) is 11.5 Å². The lowest BCUT2D eigenvalue weighted by molar-refractivity contribution is 0.591. The average molecular weight is 341 g/mol. The van der Waals surface area contributed by atoms with Gasteiger partial charge in [0.2, 0.25) is 0 Å². The maximum absolute atomic E-state index is 6.04. The van der Waals surface area contributed by atoms with Crippen LogP contribution in [0.25, 0.3) is 0 Å². The van der Waals surface area contributed by atoms with Crippen molar-refractivity contribution in [1.82, 2.24) is 0 Å². The molecule has 0 saturated carbocycles. The molecule has 0 aliphatic carbocycles. The largest absolute Gasteiger partial charge is 0.330 e. The molecular formula is C11H18ClIN2. The maximum Gasteiger partial charge on any atom is 0.0294 e. The van der Waals surface area contributed by atoms with E-state index in [1.165, 1.54) is 9.13 Å². The van der Waals surface area contributed by atoms with E-state index >= 15 is 0 Å². The van der Waals surface area contributed by atoms with Gasteiger partial charge in [-0.15, -0.1) is 12.4 Å². The lowest BCUT2D eigenvalue weighted by Gasteiger charge is -2.11. The van der Waals surface area contributed by atoms with Crippen LogP contribution in [0.2, 0.25) is 0 Å². The molecule has 0 fully saturated rings. The highest BCUT2D eigenvalue weighted by molar-refractivity contribution is 14.1. The fourth-order valence-corrected chi connectivity index (χ4v) is 1.74. The van der Waals surface area contributed by atoms with Gasteiger partial charge in [0.05, 0.1) is 0 Å². The number of nitrogens with two attached hydrogens (primary N) is 2. The molecule has 1 aromatic carbocycles. The van der Waals surface area contributed by atoms with Gasteiger partial charge in [-0.3, -0.25) is 0 Å². The molecule has 0 aliphatic heterocycles. The first-order valence-corrected chi connectivity index (χ1v) is 6.03. The highest BCUT2D eigenvalue weighted by Crippen LogP contribution is 2.17. The zero-order valence-corrected chi connectivity index (χ0v) is 11.6. The summed E-state index contributed by atoms with van der Waals surface area (Å²) in [5.41, 5.74) is 12.7. The van der Waals surface area contributed by atoms with Crippen LogP contribution >= 0.6 is 35.0 Å². The first-order chi connectivity index (χ1) is 6.74. The van der Waals surface area contributed by atoms with E-state index in [0.29, 0.717) is 0 Å². The lowest BCUT2D eigenvalue weighted by Crippen LogP contribution is -2.10. The van der Waals surface area contributed by atoms with Crippen LogP contribution in [0.1, 0.15) is 30.9 Å². The summed E-state index contributed by atoms with van der Waals surface area (Å²) in [6.07, 6.45) is 3.21. The topological polar surface area (TPSA) is 52.0 Å². The Morgan fingerprint density at radius 3 is 2.27 bits per heavy atom. The van der Waals surface area contributed by atoms with Gasteiger partial charge in [0.1, 0.15) is 0 Å². The van der Waals surface area contributed by atoms with Crippen molar-refractivity contribution in [2.75, 3.05) is 6.54 Å². The van der Waals surface area contributed by atoms with E-state index in [9.17, 15) is 0 Å². The molecule has 86 valence electrons. The van der Waals surface area contributed by atoms with Crippen LogP contribution in [0, 0.1) is 3.57 Å². The van der Waals surface area contributed by atoms with Crippen LogP contribution in [0.3, 0.4) is 0 Å². The molecule has 0 unspecified atom stereocenters. The predicted octanol–water partition coefficient (Wildman–Crippen LogP) is 2.84. The van der Waals surface area contributed by atoms with Crippen molar-refractivity contribution < 1.29 is 0 Å². The van der Waals surface area contributed by atoms with Crippen molar-refractivity contribution in [3.63, 3.8) is 0 Å². The standard InChI is InChI=1S/C11H17IN2.ClH/c12-10-6-4-9(5-7-10)11(14)3-1-2-8-13;/h4-7,11H,1-3,8,13-14H2;1H/t11-;/m1./s1. The number of halogens is 2. The van der Waals surface area contributed by atoms with Crippen molar-refractivity contribution >= 4 is 35.0 Å². The minimum atomic E-state index is 0. The van der Waals surface area contributed by atoms with E-state index < -0.39 is 0 Å². The number of benzene rings is 1. The van der Waals surface area contributed by atoms with Crippen molar-refractivity contribution in [1.29, 1.82) is 0 Å². The van der Waals surface area contributed by atoms with E-state index in [-0.39, 0.29) is 18.4 Å². The van der Waals surface area contributed by atoms with Crippen molar-refractivity contribution in [3.8, 4) is 0 Å². The molecule has 4 N–H and O–H groups in total. The summed E-state index contributed by atoms with van der Waals surface area (Å²) < 4.78 is 1.25. The zero-order chi connectivity index (χ0) is 10.4. The summed E-state index contributed by atoms with van der Waals surface area (Å²) in [5.74, 6) is 0. The van der Waals surface area contributed by atoms with Gasteiger partial charge >= 0.3 is 0 Å². The molecule has 0 aromatic heterocycles. The van der Waals surface area contributed by atoms with Crippen molar-refractivity contribution in [3.05, 3.63) is 33.4 Å². The van der Waals surface area contributed by atoms with E-state index in [2.05, 4.69) is 46.9 Å². The Hall–Kier alpha value is 0.160. The molecule has 0 bridgehead atoms. The summed E-state index contributed by atoms with van der Waals surface area (Å²) in [5, 5.41) is 0. The van der Waals surface area contributed by atoms with Gasteiger partial charge in [0, 0.05) is 9.61 Å². The van der Waals surface area contributed by atoms with Gasteiger partial charge in [0.25, 0.3) is 0 Å². The third-order valence-electron chi connectivity index (χ3n) is 2.27. The molecule has 1 rings (SSSR count). The van der Waals surface area contributed by atoms with Crippen LogP contribution in [-0.4, -0.2) is 6.54 Å². The van der Waals surface area contributed by atoms with Crippen molar-refractivity contribution in [2.45, 2.75) is 25.3 Å². The maximum atomic E-state index is 6.04. The monoisotopic (exact) mass is 340 g/mol. The quantitative estimate of drug-likeness (QED) is 0.640. The van der Waals surface area contributed by atoms with Gasteiger partial charge in [-0.1, -0.05) is 18.6 Å². The number of hydrogen-bond donors (Lipinski definition) is 2. The van der Waals surface area contributed by atoms with E-state index in [1.54, 1.807) is 0 Å². The highest BCUT2D eigenvalue weighted by atomic mass is 127. The Morgan fingerprint density at radius 1 is 1.13 bits per heavy atom. The van der Waals surface area contributed by atoms with E-state index in [1.807, 2.05) is 0 Å². The molecule has 1 atom stereocenters. The fourth-order valence-electron chi connectivity index (χ4n) is 1.39. The summed E-state index contributed by atoms with van der Waals surface area (Å²) in [4.78, 5) is 0. The Balaban J connectivity index is 0.00000196. The first-order valence-electron chi connectivity index (χ1n) is 4.95. The van der Waals surface area contributed by atoms with Gasteiger partial charge in [-0.05, 0) is 59.7 Å². The molecule has 0 heterocycles. The number of unbranched alkanes of at least 4 members (excludes halogenated alkanes) is 1. The fraction of sp³-hybridized carbons (Fsp3) is 0.455. The zero-order valence-electron chi connectivity index (χ0n) is 8.66. The van der Waals surface area contributed by atoms with Crippen LogP contribution < -0.4 is 11.5 Å². The predicted molar refractivity (Wildman–Crippen MR) is 76.2 cm³/mol. The number of rotatable bonds is 5. The number of hydrogen-bond acceptors (Lipinski definition) is 2. The summed E-state index contributed by atoms with van der Waals surface area (Å²) in [7, 11) is 0. The minimum absolute atomic E-state index is 0. The summed E-state index contributed by atoms with van der Waals surface area (Å²) in [6.45, 7) is 0.763. The SMILES string of the molecule is Cl.NCCCC[C@@H](N)c1ccc(I)cc1. The molecule has 15 heavy (non-hydrogen) atoms. The minimum Gasteiger partial charge on any atom is -0.330 e. The molecule has 0 spiro atoms. The Morgan fingerprint density at radius 2 is 1.73 bits per heavy atom. The molecule has 2 nitrogen and oxygen atoms in total. The van der Waals surface area contributed by atoms with Crippen LogP contribution in [0.15, 0.2) is 24.3 Å². The molecule has 1 aromatic rings. The molecule has 0 saturated heterocycles. The third-order valence-corrected chi connectivity index (χ3v) is 2.99. The van der Waals surface area contributed by atoms with Gasteiger partial charge in [-0.25, -0.2) is 0 Å². The van der Waals surface area contributed by atoms with E-state index in [0.717, 1.165) is 25.8 Å². The van der Waals surface area contributed by atoms with Gasteiger partial charge < -0.3 is 11.5 Å². The average Bonchev–Trinajstić information content (AvgIpc) is 2.19. The Bertz CT molecular complexity index is 264. The molecule has 0 aliphatic rings. The highest BCUT2D eigenvalue weighted by Gasteiger charge is 2.04. The molecule has 4 heteroatoms. The van der Waals surface area contributed by atoms with Crippen molar-refractivity contribution in [2.24, 2.45) is 11.5 Å². The second kappa shape index (κ2) is 8.33. The molecular weight excluding hydrogens is 322 g/mol. The molecule has 0 amide bonds. The normalized spacial score (nSPS) is 11.9. The third kappa shape index (κ3) is 5.70. The smallest absolute Gasteiger partial charge is 0.0294 e. The first kappa shape index (κ1) is 15.2. The summed E-state index contributed by atoms with van der Waals surface area (Å²) in [6, 6.07) is 8.57. The second-order valence-electron chi connectivity index (χ2n) is 3.44. The van der Waals surface area contributed by atoms with Crippen LogP contribution in [-0.2, 0) is 0 Å². The Labute approximate surface area is 111 Å². The van der Waals surface area contributed by atoms with Gasteiger partial charge in [-0.2, -0.15) is 0 Å². The van der Waals surface area contributed by atoms with Crippen LogP contribution in [0.5, 0.6) is 0 Å². The Kier molecular flexibility index (Phi) is 8.42. The van der Waals surface area contributed by atoms with Gasteiger partial charge in [0.15, 0.2) is 0 Å².